The maximum atomic E-state index is 12.8. The number of hydrogen-bond acceptors (Lipinski definition) is 2. The molecule has 140 valence electrons. The Morgan fingerprint density at radius 3 is 2.52 bits per heavy atom. The van der Waals surface area contributed by atoms with Crippen molar-refractivity contribution in [2.75, 3.05) is 0 Å². The van der Waals surface area contributed by atoms with Gasteiger partial charge in [-0.3, -0.25) is 9.59 Å². The quantitative estimate of drug-likeness (QED) is 0.669. The average Bonchev–Trinajstić information content (AvgIpc) is 2.93. The number of rotatable bonds is 3. The minimum absolute atomic E-state index is 0.265. The highest BCUT2D eigenvalue weighted by molar-refractivity contribution is 5.82. The smallest absolute Gasteiger partial charge is 0.136 e. The minimum atomic E-state index is 0.265. The van der Waals surface area contributed by atoms with E-state index >= 15 is 0 Å². The van der Waals surface area contributed by atoms with E-state index in [9.17, 15) is 9.59 Å². The highest BCUT2D eigenvalue weighted by Crippen LogP contribution is 2.67. The van der Waals surface area contributed by atoms with Gasteiger partial charge in [0.05, 0.1) is 0 Å². The summed E-state index contributed by atoms with van der Waals surface area (Å²) in [7, 11) is 0. The average molecular weight is 345 g/mol. The first-order chi connectivity index (χ1) is 11.9. The van der Waals surface area contributed by atoms with Crippen LogP contribution in [0.25, 0.3) is 0 Å². The second-order valence-electron chi connectivity index (χ2n) is 10.3. The Kier molecular flexibility index (Phi) is 4.40. The Hall–Kier alpha value is -0.660. The molecule has 0 aliphatic heterocycles. The van der Waals surface area contributed by atoms with E-state index in [4.69, 9.17) is 0 Å². The summed E-state index contributed by atoms with van der Waals surface area (Å²) in [5.74, 6) is 4.40. The van der Waals surface area contributed by atoms with Crippen molar-refractivity contribution in [3.63, 3.8) is 0 Å². The molecule has 0 unspecified atom stereocenters. The highest BCUT2D eigenvalue weighted by atomic mass is 16.1. The number of carbonyl (C=O) groups is 2. The lowest BCUT2D eigenvalue weighted by atomic mass is 9.44. The van der Waals surface area contributed by atoms with Crippen LogP contribution >= 0.6 is 0 Å². The van der Waals surface area contributed by atoms with Crippen molar-refractivity contribution in [3.8, 4) is 0 Å². The Morgan fingerprint density at radius 1 is 1.00 bits per heavy atom. The molecule has 0 spiro atoms. The zero-order chi connectivity index (χ0) is 17.8. The highest BCUT2D eigenvalue weighted by Gasteiger charge is 2.60. The molecule has 0 saturated heterocycles. The molecular weight excluding hydrogens is 308 g/mol. The first-order valence-electron chi connectivity index (χ1n) is 10.9. The summed E-state index contributed by atoms with van der Waals surface area (Å²) < 4.78 is 0. The summed E-state index contributed by atoms with van der Waals surface area (Å²) in [5, 5.41) is 0. The van der Waals surface area contributed by atoms with E-state index in [1.165, 1.54) is 32.1 Å². The van der Waals surface area contributed by atoms with Crippen LogP contribution in [0.2, 0.25) is 0 Å². The summed E-state index contributed by atoms with van der Waals surface area (Å²) >= 11 is 0. The molecule has 0 N–H and O–H groups in total. The number of fused-ring (bicyclic) bond motifs is 5. The van der Waals surface area contributed by atoms with Crippen LogP contribution in [-0.2, 0) is 9.59 Å². The first kappa shape index (κ1) is 17.7. The van der Waals surface area contributed by atoms with Crippen molar-refractivity contribution >= 4 is 11.6 Å². The molecule has 4 aliphatic rings. The second kappa shape index (κ2) is 6.20. The molecule has 7 atom stereocenters. The maximum absolute atomic E-state index is 12.8. The lowest BCUT2D eigenvalue weighted by Gasteiger charge is -2.60. The normalized spacial score (nSPS) is 49.2. The van der Waals surface area contributed by atoms with Gasteiger partial charge in [0.15, 0.2) is 0 Å². The van der Waals surface area contributed by atoms with Crippen LogP contribution < -0.4 is 0 Å². The summed E-state index contributed by atoms with van der Waals surface area (Å²) in [5.41, 5.74) is 0.658. The molecule has 0 radical (unpaired) electrons. The topological polar surface area (TPSA) is 34.1 Å². The van der Waals surface area contributed by atoms with Gasteiger partial charge in [-0.05, 0) is 85.9 Å². The first-order valence-corrected chi connectivity index (χ1v) is 10.9. The van der Waals surface area contributed by atoms with Crippen LogP contribution in [0.5, 0.6) is 0 Å². The number of hydrogen-bond donors (Lipinski definition) is 0. The summed E-state index contributed by atoms with van der Waals surface area (Å²) in [6.07, 6.45) is 12.1. The molecular formula is C23H36O2. The predicted octanol–water partition coefficient (Wildman–Crippen LogP) is 5.58. The molecule has 0 aromatic heterocycles. The zero-order valence-electron chi connectivity index (χ0n) is 16.5. The van der Waals surface area contributed by atoms with Gasteiger partial charge in [-0.1, -0.05) is 20.8 Å². The number of carbonyl (C=O) groups excluding carboxylic acids is 2. The largest absolute Gasteiger partial charge is 0.300 e. The number of Topliss-reactive ketones (excluding diaryl/α,β-unsaturated/α-hetero) is 2. The van der Waals surface area contributed by atoms with Crippen LogP contribution in [-0.4, -0.2) is 11.6 Å². The van der Waals surface area contributed by atoms with Gasteiger partial charge in [-0.15, -0.1) is 0 Å². The Labute approximate surface area is 153 Å². The Balaban J connectivity index is 1.58. The molecule has 0 heterocycles. The van der Waals surface area contributed by atoms with Gasteiger partial charge in [0.25, 0.3) is 0 Å². The van der Waals surface area contributed by atoms with Gasteiger partial charge in [0.2, 0.25) is 0 Å². The van der Waals surface area contributed by atoms with Crippen molar-refractivity contribution in [2.45, 2.75) is 91.4 Å². The van der Waals surface area contributed by atoms with Crippen molar-refractivity contribution in [2.24, 2.45) is 40.4 Å². The molecule has 0 amide bonds. The monoisotopic (exact) mass is 344 g/mol. The van der Waals surface area contributed by atoms with E-state index in [1.807, 2.05) is 0 Å². The van der Waals surface area contributed by atoms with Gasteiger partial charge in [0, 0.05) is 25.2 Å². The molecule has 0 aromatic rings. The molecule has 4 rings (SSSR count). The zero-order valence-corrected chi connectivity index (χ0v) is 16.5. The van der Waals surface area contributed by atoms with E-state index in [0.717, 1.165) is 56.3 Å². The minimum Gasteiger partial charge on any atom is -0.300 e. The van der Waals surface area contributed by atoms with E-state index in [0.29, 0.717) is 28.8 Å². The molecule has 25 heavy (non-hydrogen) atoms. The summed E-state index contributed by atoms with van der Waals surface area (Å²) in [6.45, 7) is 7.10. The van der Waals surface area contributed by atoms with E-state index in [1.54, 1.807) is 0 Å². The van der Waals surface area contributed by atoms with E-state index in [2.05, 4.69) is 20.8 Å². The molecule has 4 saturated carbocycles. The standard InChI is InChI=1S/C23H36O2/c1-4-5-21(25)20-9-8-18-17-7-6-15-14-16(24)10-12-22(15,2)19(17)11-13-23(18,20)3/h15,17-20H,4-14H2,1-3H3/t15-,17+,18+,19+,20-,22+,23+/m1/s1. The number of ketones is 2. The fraction of sp³-hybridized carbons (Fsp3) is 0.913. The molecule has 0 aromatic carbocycles. The van der Waals surface area contributed by atoms with Crippen molar-refractivity contribution in [1.29, 1.82) is 0 Å². The molecule has 2 nitrogen and oxygen atoms in total. The third kappa shape index (κ3) is 2.57. The Morgan fingerprint density at radius 2 is 1.76 bits per heavy atom. The van der Waals surface area contributed by atoms with Crippen molar-refractivity contribution < 1.29 is 9.59 Å². The fourth-order valence-corrected chi connectivity index (χ4v) is 7.99. The van der Waals surface area contributed by atoms with Gasteiger partial charge in [0.1, 0.15) is 11.6 Å². The van der Waals surface area contributed by atoms with Crippen LogP contribution in [0.1, 0.15) is 91.4 Å². The molecule has 4 fully saturated rings. The van der Waals surface area contributed by atoms with Crippen LogP contribution in [0.4, 0.5) is 0 Å². The van der Waals surface area contributed by atoms with E-state index < -0.39 is 0 Å². The lowest BCUT2D eigenvalue weighted by molar-refractivity contribution is -0.143. The fourth-order valence-electron chi connectivity index (χ4n) is 7.99. The lowest BCUT2D eigenvalue weighted by Crippen LogP contribution is -2.53. The van der Waals surface area contributed by atoms with Crippen molar-refractivity contribution in [3.05, 3.63) is 0 Å². The predicted molar refractivity (Wildman–Crippen MR) is 100 cm³/mol. The second-order valence-corrected chi connectivity index (χ2v) is 10.3. The SMILES string of the molecule is CCCC(=O)[C@H]1CC[C@H]2[C@@H]3CC[C@@H]4CC(=O)CC[C@]4(C)[C@H]3CC[C@]12C. The molecule has 0 bridgehead atoms. The molecule has 2 heteroatoms. The van der Waals surface area contributed by atoms with Gasteiger partial charge in [-0.2, -0.15) is 0 Å². The van der Waals surface area contributed by atoms with Crippen molar-refractivity contribution in [1.82, 2.24) is 0 Å². The van der Waals surface area contributed by atoms with Gasteiger partial charge < -0.3 is 0 Å². The van der Waals surface area contributed by atoms with Crippen LogP contribution in [0.3, 0.4) is 0 Å². The van der Waals surface area contributed by atoms with Crippen LogP contribution in [0.15, 0.2) is 0 Å². The third-order valence-electron chi connectivity index (χ3n) is 9.37. The van der Waals surface area contributed by atoms with Gasteiger partial charge >= 0.3 is 0 Å². The summed E-state index contributed by atoms with van der Waals surface area (Å²) in [4.78, 5) is 24.8. The summed E-state index contributed by atoms with van der Waals surface area (Å²) in [6, 6.07) is 0. The maximum Gasteiger partial charge on any atom is 0.136 e. The van der Waals surface area contributed by atoms with Gasteiger partial charge in [-0.25, -0.2) is 0 Å². The van der Waals surface area contributed by atoms with Crippen LogP contribution in [0, 0.1) is 40.4 Å². The molecule has 4 aliphatic carbocycles. The Bertz CT molecular complexity index is 566. The third-order valence-corrected chi connectivity index (χ3v) is 9.37. The van der Waals surface area contributed by atoms with E-state index in [-0.39, 0.29) is 5.41 Å².